The molecule has 2 bridgehead atoms. The molecule has 2 heterocycles. The Balaban J connectivity index is 1.87. The summed E-state index contributed by atoms with van der Waals surface area (Å²) in [5.74, 6) is -0.643. The smallest absolute Gasteiger partial charge is 0.236 e. The lowest BCUT2D eigenvalue weighted by molar-refractivity contribution is -0.146. The zero-order valence-electron chi connectivity index (χ0n) is 11.1. The molecule has 0 spiro atoms. The van der Waals surface area contributed by atoms with Gasteiger partial charge in [-0.1, -0.05) is 42.5 Å². The Labute approximate surface area is 118 Å². The van der Waals surface area contributed by atoms with E-state index in [0.717, 1.165) is 5.56 Å². The molecule has 1 saturated heterocycles. The lowest BCUT2D eigenvalue weighted by Crippen LogP contribution is -2.44. The van der Waals surface area contributed by atoms with Gasteiger partial charge in [0.2, 0.25) is 11.8 Å². The maximum absolute atomic E-state index is 12.3. The van der Waals surface area contributed by atoms with Crippen LogP contribution in [0.5, 0.6) is 0 Å². The van der Waals surface area contributed by atoms with Crippen molar-refractivity contribution in [3.63, 3.8) is 0 Å². The quantitative estimate of drug-likeness (QED) is 0.608. The summed E-state index contributed by atoms with van der Waals surface area (Å²) in [4.78, 5) is 25.9. The van der Waals surface area contributed by atoms with E-state index < -0.39 is 0 Å². The lowest BCUT2D eigenvalue weighted by atomic mass is 10.0. The molecule has 0 aromatic heterocycles. The van der Waals surface area contributed by atoms with Crippen LogP contribution in [0.3, 0.4) is 0 Å². The first-order valence-corrected chi connectivity index (χ1v) is 6.61. The zero-order chi connectivity index (χ0) is 14.1. The third kappa shape index (κ3) is 2.39. The highest BCUT2D eigenvalue weighted by atomic mass is 16.5. The second-order valence-corrected chi connectivity index (χ2v) is 4.92. The summed E-state index contributed by atoms with van der Waals surface area (Å²) < 4.78 is 5.49. The largest absolute Gasteiger partial charge is 0.365 e. The summed E-state index contributed by atoms with van der Waals surface area (Å²) in [6.45, 7) is 1.85. The number of hydrogen-bond donors (Lipinski definition) is 0. The predicted octanol–water partition coefficient (Wildman–Crippen LogP) is 1.85. The normalized spacial score (nSPS) is 27.4. The van der Waals surface area contributed by atoms with Crippen LogP contribution in [0.1, 0.15) is 18.5 Å². The SMILES string of the molecule is C[C@@H](c1ccccc1)N1C(=O)[CH]C2C=CC([CH]C1=O)O2. The fourth-order valence-electron chi connectivity index (χ4n) is 2.49. The first-order chi connectivity index (χ1) is 9.65. The number of amides is 2. The minimum absolute atomic E-state index is 0.304. The average Bonchev–Trinajstić information content (AvgIpc) is 2.87. The van der Waals surface area contributed by atoms with E-state index in [2.05, 4.69) is 0 Å². The van der Waals surface area contributed by atoms with Gasteiger partial charge >= 0.3 is 0 Å². The Morgan fingerprint density at radius 3 is 2.10 bits per heavy atom. The highest BCUT2D eigenvalue weighted by Crippen LogP contribution is 2.27. The second-order valence-electron chi connectivity index (χ2n) is 4.92. The molecule has 1 aromatic rings. The molecule has 0 aliphatic carbocycles. The van der Waals surface area contributed by atoms with Crippen LogP contribution >= 0.6 is 0 Å². The number of benzene rings is 1. The Kier molecular flexibility index (Phi) is 3.40. The number of hydrogen-bond acceptors (Lipinski definition) is 3. The Morgan fingerprint density at radius 1 is 1.00 bits per heavy atom. The number of fused-ring (bicyclic) bond motifs is 2. The number of imide groups is 1. The minimum atomic E-state index is -0.345. The van der Waals surface area contributed by atoms with Crippen LogP contribution in [-0.4, -0.2) is 28.9 Å². The van der Waals surface area contributed by atoms with Crippen molar-refractivity contribution in [3.8, 4) is 0 Å². The van der Waals surface area contributed by atoms with Crippen LogP contribution in [0.2, 0.25) is 0 Å². The molecule has 2 aliphatic rings. The van der Waals surface area contributed by atoms with Crippen LogP contribution in [0, 0.1) is 12.8 Å². The van der Waals surface area contributed by atoms with Gasteiger partial charge in [-0.15, -0.1) is 0 Å². The maximum Gasteiger partial charge on any atom is 0.236 e. The summed E-state index contributed by atoms with van der Waals surface area (Å²) in [7, 11) is 0. The molecular weight excluding hydrogens is 254 g/mol. The van der Waals surface area contributed by atoms with Crippen molar-refractivity contribution < 1.29 is 14.3 Å². The summed E-state index contributed by atoms with van der Waals surface area (Å²) in [5, 5.41) is 0. The molecule has 2 amide bonds. The van der Waals surface area contributed by atoms with Gasteiger partial charge in [-0.3, -0.25) is 14.5 Å². The fourth-order valence-corrected chi connectivity index (χ4v) is 2.49. The van der Waals surface area contributed by atoms with E-state index in [1.807, 2.05) is 37.3 Å². The molecule has 1 aromatic carbocycles. The monoisotopic (exact) mass is 269 g/mol. The number of ether oxygens (including phenoxy) is 1. The first-order valence-electron chi connectivity index (χ1n) is 6.61. The summed E-state index contributed by atoms with van der Waals surface area (Å²) in [5.41, 5.74) is 0.929. The number of carbonyl (C=O) groups excluding carboxylic acids is 2. The molecule has 102 valence electrons. The zero-order valence-corrected chi connectivity index (χ0v) is 11.1. The van der Waals surface area contributed by atoms with Gasteiger partial charge in [0.05, 0.1) is 31.1 Å². The van der Waals surface area contributed by atoms with E-state index in [1.54, 1.807) is 12.2 Å². The van der Waals surface area contributed by atoms with Crippen molar-refractivity contribution >= 4 is 11.8 Å². The Bertz CT molecular complexity index is 526. The van der Waals surface area contributed by atoms with E-state index >= 15 is 0 Å². The molecule has 20 heavy (non-hydrogen) atoms. The minimum Gasteiger partial charge on any atom is -0.365 e. The third-order valence-electron chi connectivity index (χ3n) is 3.56. The maximum atomic E-state index is 12.3. The molecule has 4 nitrogen and oxygen atoms in total. The highest BCUT2D eigenvalue weighted by Gasteiger charge is 2.36. The summed E-state index contributed by atoms with van der Waals surface area (Å²) >= 11 is 0. The fraction of sp³-hybridized carbons (Fsp3) is 0.250. The predicted molar refractivity (Wildman–Crippen MR) is 73.1 cm³/mol. The molecule has 4 heteroatoms. The number of rotatable bonds is 2. The van der Waals surface area contributed by atoms with E-state index in [1.165, 1.54) is 17.7 Å². The van der Waals surface area contributed by atoms with Crippen LogP contribution in [0.4, 0.5) is 0 Å². The van der Waals surface area contributed by atoms with E-state index in [9.17, 15) is 9.59 Å². The van der Waals surface area contributed by atoms with Crippen LogP contribution in [0.15, 0.2) is 42.5 Å². The molecule has 2 aliphatic heterocycles. The second kappa shape index (κ2) is 5.21. The molecule has 0 saturated carbocycles. The standard InChI is InChI=1S/C16H15NO3/c1-11(12-5-3-2-4-6-12)17-15(18)9-13-7-8-14(20-13)10-16(17)19/h2-11,13-14H,1H3/t11-,13?,14?/m0/s1. The summed E-state index contributed by atoms with van der Waals surface area (Å²) in [6.07, 6.45) is 5.79. The average molecular weight is 269 g/mol. The van der Waals surface area contributed by atoms with Gasteiger partial charge in [-0.05, 0) is 12.5 Å². The van der Waals surface area contributed by atoms with E-state index in [0.29, 0.717) is 0 Å². The van der Waals surface area contributed by atoms with Gasteiger partial charge in [-0.25, -0.2) is 0 Å². The molecule has 2 radical (unpaired) electrons. The molecule has 3 rings (SSSR count). The topological polar surface area (TPSA) is 46.6 Å². The molecule has 2 unspecified atom stereocenters. The van der Waals surface area contributed by atoms with Crippen LogP contribution in [0.25, 0.3) is 0 Å². The molecule has 1 fully saturated rings. The van der Waals surface area contributed by atoms with Crippen molar-refractivity contribution in [2.45, 2.75) is 25.2 Å². The Morgan fingerprint density at radius 2 is 1.55 bits per heavy atom. The van der Waals surface area contributed by atoms with E-state index in [4.69, 9.17) is 4.74 Å². The van der Waals surface area contributed by atoms with Crippen molar-refractivity contribution in [1.82, 2.24) is 4.90 Å². The van der Waals surface area contributed by atoms with Gasteiger partial charge < -0.3 is 4.74 Å². The van der Waals surface area contributed by atoms with Crippen molar-refractivity contribution in [2.75, 3.05) is 0 Å². The van der Waals surface area contributed by atoms with E-state index in [-0.39, 0.29) is 30.1 Å². The lowest BCUT2D eigenvalue weighted by Gasteiger charge is -2.31. The molecular formula is C16H15NO3. The van der Waals surface area contributed by atoms with Crippen molar-refractivity contribution in [3.05, 3.63) is 60.9 Å². The number of carbonyl (C=O) groups is 2. The third-order valence-corrected chi connectivity index (χ3v) is 3.56. The Hall–Kier alpha value is -1.94. The summed E-state index contributed by atoms with van der Waals surface area (Å²) in [6, 6.07) is 9.21. The number of nitrogens with zero attached hydrogens (tertiary/aromatic N) is 1. The van der Waals surface area contributed by atoms with Gasteiger partial charge in [0, 0.05) is 0 Å². The molecule has 3 atom stereocenters. The van der Waals surface area contributed by atoms with Gasteiger partial charge in [0.1, 0.15) is 0 Å². The van der Waals surface area contributed by atoms with Gasteiger partial charge in [-0.2, -0.15) is 0 Å². The first kappa shape index (κ1) is 13.1. The van der Waals surface area contributed by atoms with Crippen molar-refractivity contribution in [1.29, 1.82) is 0 Å². The van der Waals surface area contributed by atoms with Gasteiger partial charge in [0.15, 0.2) is 0 Å². The highest BCUT2D eigenvalue weighted by molar-refractivity contribution is 6.04. The molecule has 0 N–H and O–H groups in total. The van der Waals surface area contributed by atoms with Crippen LogP contribution < -0.4 is 0 Å². The van der Waals surface area contributed by atoms with Gasteiger partial charge in [0.25, 0.3) is 0 Å². The van der Waals surface area contributed by atoms with Crippen LogP contribution in [-0.2, 0) is 14.3 Å². The van der Waals surface area contributed by atoms with Crippen molar-refractivity contribution in [2.24, 2.45) is 0 Å².